The first kappa shape index (κ1) is 13.7. The summed E-state index contributed by atoms with van der Waals surface area (Å²) < 4.78 is 2.37. The van der Waals surface area contributed by atoms with Crippen LogP contribution in [0.3, 0.4) is 0 Å². The van der Waals surface area contributed by atoms with Crippen molar-refractivity contribution in [1.82, 2.24) is 9.55 Å². The quantitative estimate of drug-likeness (QED) is 0.883. The minimum atomic E-state index is 0.409. The third-order valence-electron chi connectivity index (χ3n) is 4.07. The summed E-state index contributed by atoms with van der Waals surface area (Å²) >= 11 is 1.77. The van der Waals surface area contributed by atoms with Gasteiger partial charge in [0.05, 0.1) is 5.69 Å². The van der Waals surface area contributed by atoms with Gasteiger partial charge in [0, 0.05) is 18.3 Å². The van der Waals surface area contributed by atoms with Gasteiger partial charge in [-0.05, 0) is 55.5 Å². The summed E-state index contributed by atoms with van der Waals surface area (Å²) in [6.45, 7) is 4.32. The Balaban J connectivity index is 1.69. The highest BCUT2D eigenvalue weighted by atomic mass is 32.1. The molecule has 2 aromatic heterocycles. The highest BCUT2D eigenvalue weighted by molar-refractivity contribution is 7.07. The van der Waals surface area contributed by atoms with Crippen molar-refractivity contribution in [3.63, 3.8) is 0 Å². The number of hydrogen-bond donors (Lipinski definition) is 1. The van der Waals surface area contributed by atoms with E-state index in [1.807, 2.05) is 0 Å². The Kier molecular flexibility index (Phi) is 4.10. The molecule has 0 saturated heterocycles. The smallest absolute Gasteiger partial charge is 0.203 e. The summed E-state index contributed by atoms with van der Waals surface area (Å²) in [5, 5.41) is 7.98. The average Bonchev–Trinajstić information content (AvgIpc) is 3.10. The fraction of sp³-hybridized carbons (Fsp3) is 0.562. The van der Waals surface area contributed by atoms with Crippen molar-refractivity contribution in [2.45, 2.75) is 58.0 Å². The molecule has 108 valence electrons. The zero-order valence-electron chi connectivity index (χ0n) is 12.3. The van der Waals surface area contributed by atoms with Crippen molar-refractivity contribution in [3.05, 3.63) is 34.3 Å². The number of nitrogens with zero attached hydrogens (tertiary/aromatic N) is 2. The summed E-state index contributed by atoms with van der Waals surface area (Å²) in [5.41, 5.74) is 2.52. The van der Waals surface area contributed by atoms with Crippen LogP contribution in [0.15, 0.2) is 23.0 Å². The van der Waals surface area contributed by atoms with Crippen LogP contribution in [-0.4, -0.2) is 15.6 Å². The van der Waals surface area contributed by atoms with Crippen molar-refractivity contribution < 1.29 is 0 Å². The molecule has 0 radical (unpaired) electrons. The third kappa shape index (κ3) is 3.06. The van der Waals surface area contributed by atoms with Gasteiger partial charge in [-0.25, -0.2) is 4.98 Å². The number of rotatable bonds is 5. The van der Waals surface area contributed by atoms with Crippen molar-refractivity contribution in [2.24, 2.45) is 0 Å². The first-order valence-electron chi connectivity index (χ1n) is 7.55. The van der Waals surface area contributed by atoms with Crippen LogP contribution in [0, 0.1) is 6.92 Å². The largest absolute Gasteiger partial charge is 0.353 e. The lowest BCUT2D eigenvalue weighted by Crippen LogP contribution is -2.21. The number of imidazole rings is 1. The van der Waals surface area contributed by atoms with Crippen LogP contribution in [-0.2, 0) is 6.42 Å². The van der Waals surface area contributed by atoms with Gasteiger partial charge in [0.25, 0.3) is 0 Å². The van der Waals surface area contributed by atoms with Gasteiger partial charge in [0.15, 0.2) is 0 Å². The molecule has 1 aliphatic rings. The van der Waals surface area contributed by atoms with Gasteiger partial charge >= 0.3 is 0 Å². The molecule has 3 rings (SSSR count). The van der Waals surface area contributed by atoms with E-state index in [1.54, 1.807) is 11.3 Å². The van der Waals surface area contributed by atoms with Crippen LogP contribution in [0.2, 0.25) is 0 Å². The number of hydrogen-bond acceptors (Lipinski definition) is 3. The number of nitrogens with one attached hydrogen (secondary N) is 1. The fourth-order valence-electron chi connectivity index (χ4n) is 3.12. The van der Waals surface area contributed by atoms with E-state index in [1.165, 1.54) is 31.2 Å². The number of thiophene rings is 1. The highest BCUT2D eigenvalue weighted by Crippen LogP contribution is 2.32. The Morgan fingerprint density at radius 2 is 2.25 bits per heavy atom. The van der Waals surface area contributed by atoms with Crippen LogP contribution in [0.25, 0.3) is 0 Å². The van der Waals surface area contributed by atoms with Gasteiger partial charge in [-0.15, -0.1) is 0 Å². The van der Waals surface area contributed by atoms with E-state index >= 15 is 0 Å². The molecule has 20 heavy (non-hydrogen) atoms. The van der Waals surface area contributed by atoms with E-state index in [9.17, 15) is 0 Å². The standard InChI is InChI=1S/C16H23N3S/c1-12(9-14-7-8-20-11-14)17-16-18-13(2)10-19(16)15-5-3-4-6-15/h7-8,10-12,15H,3-6,9H2,1-2H3,(H,17,18). The molecule has 4 heteroatoms. The molecule has 1 saturated carbocycles. The Morgan fingerprint density at radius 1 is 1.45 bits per heavy atom. The van der Waals surface area contributed by atoms with Gasteiger partial charge in [-0.1, -0.05) is 12.8 Å². The molecule has 1 atom stereocenters. The zero-order chi connectivity index (χ0) is 13.9. The summed E-state index contributed by atoms with van der Waals surface area (Å²) in [4.78, 5) is 4.68. The van der Waals surface area contributed by atoms with E-state index in [4.69, 9.17) is 0 Å². The Morgan fingerprint density at radius 3 is 2.95 bits per heavy atom. The van der Waals surface area contributed by atoms with E-state index in [0.29, 0.717) is 12.1 Å². The second-order valence-corrected chi connectivity index (χ2v) is 6.71. The number of anilines is 1. The molecule has 2 heterocycles. The summed E-state index contributed by atoms with van der Waals surface area (Å²) in [5.74, 6) is 1.05. The molecule has 3 nitrogen and oxygen atoms in total. The zero-order valence-corrected chi connectivity index (χ0v) is 13.1. The maximum absolute atomic E-state index is 4.68. The SMILES string of the molecule is Cc1cn(C2CCCC2)c(NC(C)Cc2ccsc2)n1. The summed E-state index contributed by atoms with van der Waals surface area (Å²) in [6, 6.07) is 3.26. The van der Waals surface area contributed by atoms with Crippen molar-refractivity contribution in [2.75, 3.05) is 5.32 Å². The molecular formula is C16H23N3S. The third-order valence-corrected chi connectivity index (χ3v) is 4.80. The van der Waals surface area contributed by atoms with Crippen molar-refractivity contribution in [1.29, 1.82) is 0 Å². The molecule has 1 N–H and O–H groups in total. The fourth-order valence-corrected chi connectivity index (χ4v) is 3.80. The molecule has 0 aromatic carbocycles. The molecule has 0 bridgehead atoms. The first-order chi connectivity index (χ1) is 9.72. The predicted molar refractivity (Wildman–Crippen MR) is 85.6 cm³/mol. The van der Waals surface area contributed by atoms with Gasteiger partial charge in [-0.3, -0.25) is 0 Å². The van der Waals surface area contributed by atoms with Crippen LogP contribution in [0.5, 0.6) is 0 Å². The second kappa shape index (κ2) is 6.00. The van der Waals surface area contributed by atoms with Gasteiger partial charge in [-0.2, -0.15) is 11.3 Å². The lowest BCUT2D eigenvalue weighted by Gasteiger charge is -2.19. The number of aryl methyl sites for hydroxylation is 1. The minimum absolute atomic E-state index is 0.409. The Hall–Kier alpha value is -1.29. The monoisotopic (exact) mass is 289 g/mol. The van der Waals surface area contributed by atoms with Crippen molar-refractivity contribution >= 4 is 17.3 Å². The van der Waals surface area contributed by atoms with E-state index < -0.39 is 0 Å². The lowest BCUT2D eigenvalue weighted by molar-refractivity contribution is 0.520. The molecule has 1 aliphatic carbocycles. The lowest BCUT2D eigenvalue weighted by atomic mass is 10.1. The summed E-state index contributed by atoms with van der Waals surface area (Å²) in [6.07, 6.45) is 8.56. The van der Waals surface area contributed by atoms with Crippen molar-refractivity contribution in [3.8, 4) is 0 Å². The van der Waals surface area contributed by atoms with Crippen LogP contribution in [0.4, 0.5) is 5.95 Å². The normalized spacial score (nSPS) is 17.5. The molecule has 1 unspecified atom stereocenters. The van der Waals surface area contributed by atoms with Gasteiger partial charge in [0.2, 0.25) is 5.95 Å². The molecule has 0 spiro atoms. The number of aromatic nitrogens is 2. The maximum atomic E-state index is 4.68. The van der Waals surface area contributed by atoms with E-state index in [0.717, 1.165) is 18.1 Å². The van der Waals surface area contributed by atoms with Crippen LogP contribution in [0.1, 0.15) is 49.9 Å². The Bertz CT molecular complexity index is 538. The summed E-state index contributed by atoms with van der Waals surface area (Å²) in [7, 11) is 0. The van der Waals surface area contributed by atoms with Gasteiger partial charge < -0.3 is 9.88 Å². The topological polar surface area (TPSA) is 29.9 Å². The van der Waals surface area contributed by atoms with Crippen LogP contribution < -0.4 is 5.32 Å². The Labute approximate surface area is 125 Å². The van der Waals surface area contributed by atoms with E-state index in [2.05, 4.69) is 51.7 Å². The molecule has 1 fully saturated rings. The minimum Gasteiger partial charge on any atom is -0.353 e. The van der Waals surface area contributed by atoms with E-state index in [-0.39, 0.29) is 0 Å². The second-order valence-electron chi connectivity index (χ2n) is 5.93. The highest BCUT2D eigenvalue weighted by Gasteiger charge is 2.20. The van der Waals surface area contributed by atoms with Crippen LogP contribution >= 0.6 is 11.3 Å². The maximum Gasteiger partial charge on any atom is 0.203 e. The predicted octanol–water partition coefficient (Wildman–Crippen LogP) is 4.41. The molecule has 2 aromatic rings. The molecule has 0 aliphatic heterocycles. The molecule has 0 amide bonds. The first-order valence-corrected chi connectivity index (χ1v) is 8.50. The molecular weight excluding hydrogens is 266 g/mol. The average molecular weight is 289 g/mol. The van der Waals surface area contributed by atoms with Gasteiger partial charge in [0.1, 0.15) is 0 Å².